The monoisotopic (exact) mass is 221 g/mol. The summed E-state index contributed by atoms with van der Waals surface area (Å²) in [6, 6.07) is 0. The number of pyridine rings is 1. The number of methoxy groups -OCH3 is 1. The summed E-state index contributed by atoms with van der Waals surface area (Å²) in [6.07, 6.45) is 1.16. The normalized spacial score (nSPS) is 9.77. The summed E-state index contributed by atoms with van der Waals surface area (Å²) in [7, 11) is 1.17. The van der Waals surface area contributed by atoms with Gasteiger partial charge in [-0.3, -0.25) is 4.79 Å². The lowest BCUT2D eigenvalue weighted by Gasteiger charge is -1.99. The van der Waals surface area contributed by atoms with Crippen LogP contribution in [0.5, 0.6) is 0 Å². The van der Waals surface area contributed by atoms with Crippen LogP contribution in [0.15, 0.2) is 11.0 Å². The summed E-state index contributed by atoms with van der Waals surface area (Å²) in [4.78, 5) is 24.7. The van der Waals surface area contributed by atoms with E-state index in [0.29, 0.717) is 0 Å². The van der Waals surface area contributed by atoms with Gasteiger partial charge in [-0.25, -0.2) is 4.79 Å². The predicted molar refractivity (Wildman–Crippen MR) is 48.4 cm³/mol. The third-order valence-electron chi connectivity index (χ3n) is 1.39. The highest BCUT2D eigenvalue weighted by Gasteiger charge is 2.14. The van der Waals surface area contributed by atoms with Gasteiger partial charge in [0.25, 0.3) is 0 Å². The van der Waals surface area contributed by atoms with Gasteiger partial charge in [0.05, 0.1) is 7.11 Å². The number of ether oxygens (including phenoxy) is 1. The summed E-state index contributed by atoms with van der Waals surface area (Å²) >= 11 is 11.0. The molecular weight excluding hydrogens is 217 g/mol. The lowest BCUT2D eigenvalue weighted by molar-refractivity contribution is 0.0599. The topological polar surface area (TPSA) is 59.2 Å². The predicted octanol–water partition coefficient (Wildman–Crippen LogP) is 1.47. The van der Waals surface area contributed by atoms with E-state index in [1.165, 1.54) is 7.11 Å². The molecule has 0 aromatic carbocycles. The molecule has 0 aliphatic rings. The van der Waals surface area contributed by atoms with E-state index in [1.807, 2.05) is 0 Å². The second-order valence-electron chi connectivity index (χ2n) is 2.15. The van der Waals surface area contributed by atoms with Crippen molar-refractivity contribution in [3.63, 3.8) is 0 Å². The molecule has 0 unspecified atom stereocenters. The van der Waals surface area contributed by atoms with Crippen LogP contribution >= 0.6 is 23.2 Å². The van der Waals surface area contributed by atoms with Crippen LogP contribution in [0.2, 0.25) is 10.2 Å². The molecule has 70 valence electrons. The number of carbonyl (C=O) groups is 1. The highest BCUT2D eigenvalue weighted by atomic mass is 35.5. The van der Waals surface area contributed by atoms with Gasteiger partial charge in [0, 0.05) is 6.20 Å². The Morgan fingerprint density at radius 3 is 2.69 bits per heavy atom. The van der Waals surface area contributed by atoms with Crippen LogP contribution in [-0.2, 0) is 4.74 Å². The van der Waals surface area contributed by atoms with Crippen molar-refractivity contribution in [1.29, 1.82) is 0 Å². The maximum Gasteiger partial charge on any atom is 0.343 e. The van der Waals surface area contributed by atoms with Gasteiger partial charge in [-0.1, -0.05) is 23.2 Å². The Labute approximate surface area is 83.4 Å². The van der Waals surface area contributed by atoms with E-state index in [2.05, 4.69) is 9.72 Å². The second kappa shape index (κ2) is 3.81. The Bertz CT molecular complexity index is 399. The van der Waals surface area contributed by atoms with Crippen molar-refractivity contribution in [3.05, 3.63) is 32.2 Å². The number of aromatic amines is 1. The summed E-state index contributed by atoms with van der Waals surface area (Å²) < 4.78 is 4.35. The number of hydrogen-bond acceptors (Lipinski definition) is 3. The minimum absolute atomic E-state index is 0.000630. The van der Waals surface area contributed by atoms with Gasteiger partial charge in [-0.15, -0.1) is 0 Å². The van der Waals surface area contributed by atoms with Gasteiger partial charge in [0.2, 0.25) is 5.43 Å². The first-order valence-corrected chi connectivity index (χ1v) is 3.98. The summed E-state index contributed by atoms with van der Waals surface area (Å²) in [5.74, 6) is -0.750. The summed E-state index contributed by atoms with van der Waals surface area (Å²) in [6.45, 7) is 0. The number of H-pyrrole nitrogens is 1. The zero-order chi connectivity index (χ0) is 10.0. The molecular formula is C7H5Cl2NO3. The number of hydrogen-bond donors (Lipinski definition) is 1. The van der Waals surface area contributed by atoms with Gasteiger partial charge >= 0.3 is 5.97 Å². The zero-order valence-corrected chi connectivity index (χ0v) is 8.07. The Morgan fingerprint density at radius 1 is 1.54 bits per heavy atom. The molecule has 1 aromatic heterocycles. The highest BCUT2D eigenvalue weighted by molar-refractivity contribution is 6.41. The van der Waals surface area contributed by atoms with Crippen molar-refractivity contribution in [2.45, 2.75) is 0 Å². The molecule has 0 aliphatic carbocycles. The van der Waals surface area contributed by atoms with Crippen LogP contribution in [0, 0.1) is 0 Å². The van der Waals surface area contributed by atoms with Crippen LogP contribution in [-0.4, -0.2) is 18.1 Å². The van der Waals surface area contributed by atoms with Crippen LogP contribution in [0.3, 0.4) is 0 Å². The molecule has 1 aromatic rings. The second-order valence-corrected chi connectivity index (χ2v) is 2.91. The Morgan fingerprint density at radius 2 is 2.15 bits per heavy atom. The van der Waals surface area contributed by atoms with Crippen molar-refractivity contribution in [3.8, 4) is 0 Å². The number of carbonyl (C=O) groups excluding carboxylic acids is 1. The average Bonchev–Trinajstić information content (AvgIpc) is 2.13. The molecule has 1 heterocycles. The SMILES string of the molecule is COC(=O)c1c[nH]c(Cl)c(Cl)c1=O. The lowest BCUT2D eigenvalue weighted by Crippen LogP contribution is -2.17. The van der Waals surface area contributed by atoms with Crippen LogP contribution in [0.25, 0.3) is 0 Å². The minimum Gasteiger partial charge on any atom is -0.465 e. The fourth-order valence-corrected chi connectivity index (χ4v) is 1.04. The maximum atomic E-state index is 11.3. The van der Waals surface area contributed by atoms with Gasteiger partial charge in [-0.05, 0) is 0 Å². The van der Waals surface area contributed by atoms with E-state index < -0.39 is 11.4 Å². The molecule has 1 N–H and O–H groups in total. The van der Waals surface area contributed by atoms with Crippen molar-refractivity contribution in [2.24, 2.45) is 0 Å². The van der Waals surface area contributed by atoms with E-state index in [1.54, 1.807) is 0 Å². The Kier molecular flexibility index (Phi) is 2.95. The zero-order valence-electron chi connectivity index (χ0n) is 6.56. The minimum atomic E-state index is -0.750. The van der Waals surface area contributed by atoms with Crippen molar-refractivity contribution in [2.75, 3.05) is 7.11 Å². The molecule has 0 bridgehead atoms. The first-order chi connectivity index (χ1) is 6.07. The highest BCUT2D eigenvalue weighted by Crippen LogP contribution is 2.14. The van der Waals surface area contributed by atoms with E-state index in [-0.39, 0.29) is 15.7 Å². The molecule has 4 nitrogen and oxygen atoms in total. The largest absolute Gasteiger partial charge is 0.465 e. The molecule has 0 saturated carbocycles. The third kappa shape index (κ3) is 1.84. The Balaban J connectivity index is 3.35. The molecule has 0 fully saturated rings. The van der Waals surface area contributed by atoms with E-state index >= 15 is 0 Å². The maximum absolute atomic E-state index is 11.3. The number of nitrogens with one attached hydrogen (secondary N) is 1. The smallest absolute Gasteiger partial charge is 0.343 e. The van der Waals surface area contributed by atoms with Gasteiger partial charge < -0.3 is 9.72 Å². The molecule has 0 aliphatic heterocycles. The molecule has 0 amide bonds. The van der Waals surface area contributed by atoms with Crippen molar-refractivity contribution >= 4 is 29.2 Å². The standard InChI is InChI=1S/C7H5Cl2NO3/c1-13-7(12)3-2-10-6(9)4(8)5(3)11/h2H,1H3,(H,10,11). The van der Waals surface area contributed by atoms with Crippen LogP contribution in [0.1, 0.15) is 10.4 Å². The first kappa shape index (κ1) is 10.1. The van der Waals surface area contributed by atoms with Crippen LogP contribution in [0.4, 0.5) is 0 Å². The molecule has 0 atom stereocenters. The fraction of sp³-hybridized carbons (Fsp3) is 0.143. The average molecular weight is 222 g/mol. The number of esters is 1. The quantitative estimate of drug-likeness (QED) is 0.578. The van der Waals surface area contributed by atoms with E-state index in [4.69, 9.17) is 23.2 Å². The van der Waals surface area contributed by atoms with Gasteiger partial charge in [-0.2, -0.15) is 0 Å². The van der Waals surface area contributed by atoms with Crippen molar-refractivity contribution < 1.29 is 9.53 Å². The summed E-state index contributed by atoms with van der Waals surface area (Å²) in [5, 5.41) is -0.219. The van der Waals surface area contributed by atoms with Crippen molar-refractivity contribution in [1.82, 2.24) is 4.98 Å². The fourth-order valence-electron chi connectivity index (χ4n) is 0.744. The molecule has 6 heteroatoms. The van der Waals surface area contributed by atoms with E-state index in [0.717, 1.165) is 6.20 Å². The first-order valence-electron chi connectivity index (χ1n) is 3.23. The molecule has 1 rings (SSSR count). The third-order valence-corrected chi connectivity index (χ3v) is 2.14. The lowest BCUT2D eigenvalue weighted by atomic mass is 10.3. The van der Waals surface area contributed by atoms with Gasteiger partial charge in [0.1, 0.15) is 15.7 Å². The number of halogens is 2. The van der Waals surface area contributed by atoms with E-state index in [9.17, 15) is 9.59 Å². The van der Waals surface area contributed by atoms with Gasteiger partial charge in [0.15, 0.2) is 0 Å². The van der Waals surface area contributed by atoms with Crippen LogP contribution < -0.4 is 5.43 Å². The Hall–Kier alpha value is -1.00. The molecule has 0 radical (unpaired) electrons. The molecule has 13 heavy (non-hydrogen) atoms. The number of aromatic nitrogens is 1. The molecule has 0 spiro atoms. The summed E-state index contributed by atoms with van der Waals surface area (Å²) in [5.41, 5.74) is -0.811. The number of rotatable bonds is 1. The molecule has 0 saturated heterocycles.